The van der Waals surface area contributed by atoms with Gasteiger partial charge in [-0.05, 0) is 42.8 Å². The molecule has 21 heavy (non-hydrogen) atoms. The number of hydrogen-bond acceptors (Lipinski definition) is 3. The molecule has 108 valence electrons. The highest BCUT2D eigenvalue weighted by molar-refractivity contribution is 6.62. The number of rotatable bonds is 3. The van der Waals surface area contributed by atoms with E-state index in [1.54, 1.807) is 25.1 Å². The molecule has 0 aliphatic heterocycles. The van der Waals surface area contributed by atoms with E-state index in [0.29, 0.717) is 10.7 Å². The lowest BCUT2D eigenvalue weighted by Gasteiger charge is -2.11. The van der Waals surface area contributed by atoms with Crippen LogP contribution in [-0.2, 0) is 0 Å². The van der Waals surface area contributed by atoms with Crippen LogP contribution in [0.4, 0.5) is 5.69 Å². The summed E-state index contributed by atoms with van der Waals surface area (Å²) in [5.41, 5.74) is 1.69. The summed E-state index contributed by atoms with van der Waals surface area (Å²) in [4.78, 5) is 12.2. The van der Waals surface area contributed by atoms with Gasteiger partial charge >= 0.3 is 7.12 Å². The van der Waals surface area contributed by atoms with Crippen molar-refractivity contribution in [3.63, 3.8) is 0 Å². The zero-order valence-corrected chi connectivity index (χ0v) is 12.6. The average Bonchev–Trinajstić information content (AvgIpc) is 2.44. The lowest BCUT2D eigenvalue weighted by Crippen LogP contribution is -2.32. The molecule has 0 unspecified atom stereocenters. The number of nitrogens with one attached hydrogen (secondary N) is 1. The van der Waals surface area contributed by atoms with Gasteiger partial charge in [-0.2, -0.15) is 0 Å². The molecule has 0 aromatic heterocycles. The lowest BCUT2D eigenvalue weighted by atomic mass is 9.79. The van der Waals surface area contributed by atoms with Gasteiger partial charge in [0.05, 0.1) is 0 Å². The molecule has 0 aliphatic rings. The maximum atomic E-state index is 12.2. The SMILES string of the molecule is Cc1c(Cl)cccc1NC(=O)c1ccc(Cl)c(B(O)O)c1. The Balaban J connectivity index is 2.29. The Labute approximate surface area is 132 Å². The van der Waals surface area contributed by atoms with E-state index in [9.17, 15) is 14.8 Å². The molecule has 1 amide bonds. The average molecular weight is 324 g/mol. The number of carbonyl (C=O) groups excluding carboxylic acids is 1. The standard InChI is InChI=1S/C14H12BCl2NO3/c1-8-11(16)3-2-4-13(8)18-14(19)9-5-6-12(17)10(7-9)15(20)21/h2-7,20-21H,1H3,(H,18,19). The van der Waals surface area contributed by atoms with Crippen LogP contribution in [0.1, 0.15) is 15.9 Å². The van der Waals surface area contributed by atoms with Crippen LogP contribution in [0.15, 0.2) is 36.4 Å². The molecule has 0 saturated heterocycles. The number of amides is 1. The molecule has 0 radical (unpaired) electrons. The van der Waals surface area contributed by atoms with Gasteiger partial charge in [-0.3, -0.25) is 4.79 Å². The van der Waals surface area contributed by atoms with Crippen molar-refractivity contribution in [1.29, 1.82) is 0 Å². The highest BCUT2D eigenvalue weighted by atomic mass is 35.5. The van der Waals surface area contributed by atoms with E-state index in [4.69, 9.17) is 23.2 Å². The summed E-state index contributed by atoms with van der Waals surface area (Å²) in [5, 5.41) is 21.9. The molecule has 7 heteroatoms. The Hall–Kier alpha value is -1.53. The summed E-state index contributed by atoms with van der Waals surface area (Å²) in [6, 6.07) is 9.48. The summed E-state index contributed by atoms with van der Waals surface area (Å²) in [7, 11) is -1.74. The van der Waals surface area contributed by atoms with Gasteiger partial charge in [-0.25, -0.2) is 0 Å². The van der Waals surface area contributed by atoms with Gasteiger partial charge in [-0.15, -0.1) is 0 Å². The highest BCUT2D eigenvalue weighted by Crippen LogP contribution is 2.23. The third kappa shape index (κ3) is 3.57. The molecular formula is C14H12BCl2NO3. The van der Waals surface area contributed by atoms with E-state index in [-0.39, 0.29) is 22.0 Å². The molecular weight excluding hydrogens is 312 g/mol. The van der Waals surface area contributed by atoms with Gasteiger partial charge in [0.1, 0.15) is 0 Å². The van der Waals surface area contributed by atoms with Crippen molar-refractivity contribution in [3.8, 4) is 0 Å². The zero-order chi connectivity index (χ0) is 15.6. The molecule has 0 fully saturated rings. The van der Waals surface area contributed by atoms with Crippen LogP contribution in [0, 0.1) is 6.92 Å². The molecule has 2 aromatic carbocycles. The fourth-order valence-corrected chi connectivity index (χ4v) is 2.21. The third-order valence-electron chi connectivity index (χ3n) is 3.05. The number of benzene rings is 2. The van der Waals surface area contributed by atoms with Crippen LogP contribution in [0.5, 0.6) is 0 Å². The van der Waals surface area contributed by atoms with Crippen LogP contribution in [-0.4, -0.2) is 23.1 Å². The Bertz CT molecular complexity index is 692. The summed E-state index contributed by atoms with van der Waals surface area (Å²) >= 11 is 11.8. The maximum Gasteiger partial charge on any atom is 0.489 e. The van der Waals surface area contributed by atoms with E-state index >= 15 is 0 Å². The molecule has 0 heterocycles. The second-order valence-corrected chi connectivity index (χ2v) is 5.29. The quantitative estimate of drug-likeness (QED) is 0.759. The maximum absolute atomic E-state index is 12.2. The monoisotopic (exact) mass is 323 g/mol. The number of hydrogen-bond donors (Lipinski definition) is 3. The Kier molecular flexibility index (Phi) is 4.90. The topological polar surface area (TPSA) is 69.6 Å². The summed E-state index contributed by atoms with van der Waals surface area (Å²) in [6.07, 6.45) is 0. The van der Waals surface area contributed by atoms with Gasteiger partial charge in [-0.1, -0.05) is 29.3 Å². The van der Waals surface area contributed by atoms with Crippen molar-refractivity contribution in [3.05, 3.63) is 57.6 Å². The number of anilines is 1. The van der Waals surface area contributed by atoms with E-state index in [2.05, 4.69) is 5.32 Å². The van der Waals surface area contributed by atoms with Crippen molar-refractivity contribution in [2.45, 2.75) is 6.92 Å². The van der Waals surface area contributed by atoms with Gasteiger partial charge in [0, 0.05) is 26.8 Å². The molecule has 0 bridgehead atoms. The van der Waals surface area contributed by atoms with Gasteiger partial charge < -0.3 is 15.4 Å². The first-order chi connectivity index (χ1) is 9.90. The van der Waals surface area contributed by atoms with E-state index in [0.717, 1.165) is 5.56 Å². The molecule has 0 aliphatic carbocycles. The first-order valence-electron chi connectivity index (χ1n) is 6.12. The van der Waals surface area contributed by atoms with Gasteiger partial charge in [0.2, 0.25) is 0 Å². The first-order valence-corrected chi connectivity index (χ1v) is 6.88. The van der Waals surface area contributed by atoms with Crippen molar-refractivity contribution in [1.82, 2.24) is 0 Å². The molecule has 3 N–H and O–H groups in total. The predicted octanol–water partition coefficient (Wildman–Crippen LogP) is 2.23. The van der Waals surface area contributed by atoms with Crippen LogP contribution in [0.2, 0.25) is 10.0 Å². The number of halogens is 2. The molecule has 2 aromatic rings. The molecule has 0 atom stereocenters. The lowest BCUT2D eigenvalue weighted by molar-refractivity contribution is 0.102. The minimum absolute atomic E-state index is 0.0760. The third-order valence-corrected chi connectivity index (χ3v) is 3.81. The van der Waals surface area contributed by atoms with E-state index < -0.39 is 7.12 Å². The first kappa shape index (κ1) is 15.9. The molecule has 2 rings (SSSR count). The largest absolute Gasteiger partial charge is 0.489 e. The molecule has 0 saturated carbocycles. The second-order valence-electron chi connectivity index (χ2n) is 4.48. The van der Waals surface area contributed by atoms with Gasteiger partial charge in [0.15, 0.2) is 0 Å². The van der Waals surface area contributed by atoms with E-state index in [1.165, 1.54) is 18.2 Å². The van der Waals surface area contributed by atoms with Crippen molar-refractivity contribution < 1.29 is 14.8 Å². The zero-order valence-electron chi connectivity index (χ0n) is 11.1. The Morgan fingerprint density at radius 1 is 1.14 bits per heavy atom. The van der Waals surface area contributed by atoms with Crippen LogP contribution >= 0.6 is 23.2 Å². The minimum atomic E-state index is -1.74. The van der Waals surface area contributed by atoms with Crippen LogP contribution in [0.3, 0.4) is 0 Å². The summed E-state index contributed by atoms with van der Waals surface area (Å²) in [6.45, 7) is 1.79. The smallest absolute Gasteiger partial charge is 0.423 e. The Morgan fingerprint density at radius 2 is 1.86 bits per heavy atom. The fraction of sp³-hybridized carbons (Fsp3) is 0.0714. The van der Waals surface area contributed by atoms with Crippen molar-refractivity contribution >= 4 is 47.4 Å². The highest BCUT2D eigenvalue weighted by Gasteiger charge is 2.18. The Morgan fingerprint density at radius 3 is 2.52 bits per heavy atom. The summed E-state index contributed by atoms with van der Waals surface area (Å²) < 4.78 is 0. The van der Waals surface area contributed by atoms with Crippen molar-refractivity contribution in [2.75, 3.05) is 5.32 Å². The van der Waals surface area contributed by atoms with Crippen LogP contribution < -0.4 is 10.8 Å². The molecule has 4 nitrogen and oxygen atoms in total. The van der Waals surface area contributed by atoms with Crippen molar-refractivity contribution in [2.24, 2.45) is 0 Å². The fourth-order valence-electron chi connectivity index (χ4n) is 1.82. The minimum Gasteiger partial charge on any atom is -0.423 e. The number of carbonyl (C=O) groups is 1. The van der Waals surface area contributed by atoms with Gasteiger partial charge in [0.25, 0.3) is 5.91 Å². The summed E-state index contributed by atoms with van der Waals surface area (Å²) in [5.74, 6) is -0.390. The normalized spacial score (nSPS) is 10.3. The second kappa shape index (κ2) is 6.49. The van der Waals surface area contributed by atoms with E-state index in [1.807, 2.05) is 0 Å². The predicted molar refractivity (Wildman–Crippen MR) is 85.4 cm³/mol. The molecule has 0 spiro atoms. The van der Waals surface area contributed by atoms with Crippen LogP contribution in [0.25, 0.3) is 0 Å².